The summed E-state index contributed by atoms with van der Waals surface area (Å²) in [5.41, 5.74) is 3.24. The predicted octanol–water partition coefficient (Wildman–Crippen LogP) is 4.73. The van der Waals surface area contributed by atoms with Gasteiger partial charge < -0.3 is 9.47 Å². The van der Waals surface area contributed by atoms with Crippen molar-refractivity contribution < 1.29 is 17.6 Å². The van der Waals surface area contributed by atoms with Crippen LogP contribution >= 0.6 is 0 Å². The molecule has 1 aliphatic heterocycles. The summed E-state index contributed by atoms with van der Waals surface area (Å²) in [4.78, 5) is 15.3. The average molecular weight is 463 g/mol. The Morgan fingerprint density at radius 2 is 1.70 bits per heavy atom. The van der Waals surface area contributed by atoms with Gasteiger partial charge in [0.15, 0.2) is 9.84 Å². The number of hydrogen-bond donors (Lipinski definition) is 0. The van der Waals surface area contributed by atoms with Crippen LogP contribution in [0.3, 0.4) is 0 Å². The molecule has 0 bridgehead atoms. The van der Waals surface area contributed by atoms with Gasteiger partial charge in [-0.05, 0) is 48.7 Å². The number of halogens is 1. The van der Waals surface area contributed by atoms with E-state index in [2.05, 4.69) is 0 Å². The summed E-state index contributed by atoms with van der Waals surface area (Å²) in [5.74, 6) is -0.745. The lowest BCUT2D eigenvalue weighted by Gasteiger charge is -2.23. The molecule has 168 valence electrons. The SMILES string of the molecule is CC1Cc2ccccc2N1C(=O)Cn1cc(S(=O)(=O)Cc2ccc(F)cc2)c2ccccc21. The smallest absolute Gasteiger partial charge is 0.247 e. The molecule has 0 N–H and O–H groups in total. The lowest BCUT2D eigenvalue weighted by Crippen LogP contribution is -2.37. The first-order chi connectivity index (χ1) is 15.8. The van der Waals surface area contributed by atoms with Crippen molar-refractivity contribution in [3.05, 3.63) is 95.9 Å². The highest BCUT2D eigenvalue weighted by Gasteiger charge is 2.31. The van der Waals surface area contributed by atoms with E-state index in [9.17, 15) is 17.6 Å². The Balaban J connectivity index is 1.49. The molecule has 5 nitrogen and oxygen atoms in total. The monoisotopic (exact) mass is 462 g/mol. The first kappa shape index (κ1) is 21.4. The first-order valence-electron chi connectivity index (χ1n) is 10.8. The summed E-state index contributed by atoms with van der Waals surface area (Å²) in [6.07, 6.45) is 2.35. The van der Waals surface area contributed by atoms with Crippen LogP contribution in [0.5, 0.6) is 0 Å². The largest absolute Gasteiger partial charge is 0.337 e. The molecule has 7 heteroatoms. The highest BCUT2D eigenvalue weighted by atomic mass is 32.2. The van der Waals surface area contributed by atoms with Crippen LogP contribution < -0.4 is 4.90 Å². The molecule has 0 fully saturated rings. The van der Waals surface area contributed by atoms with E-state index in [0.717, 1.165) is 17.7 Å². The zero-order valence-electron chi connectivity index (χ0n) is 18.1. The van der Waals surface area contributed by atoms with E-state index in [0.29, 0.717) is 16.5 Å². The van der Waals surface area contributed by atoms with Gasteiger partial charge in [0, 0.05) is 28.8 Å². The summed E-state index contributed by atoms with van der Waals surface area (Å²) in [7, 11) is -3.71. The van der Waals surface area contributed by atoms with Crippen molar-refractivity contribution in [2.24, 2.45) is 0 Å². The van der Waals surface area contributed by atoms with Crippen molar-refractivity contribution in [1.82, 2.24) is 4.57 Å². The fourth-order valence-corrected chi connectivity index (χ4v) is 6.22. The van der Waals surface area contributed by atoms with Crippen molar-refractivity contribution in [3.8, 4) is 0 Å². The van der Waals surface area contributed by atoms with Gasteiger partial charge in [0.2, 0.25) is 5.91 Å². The van der Waals surface area contributed by atoms with E-state index in [1.54, 1.807) is 27.8 Å². The molecule has 0 aliphatic carbocycles. The van der Waals surface area contributed by atoms with Gasteiger partial charge in [0.05, 0.1) is 10.6 Å². The van der Waals surface area contributed by atoms with E-state index in [1.165, 1.54) is 24.3 Å². The molecule has 1 unspecified atom stereocenters. The number of anilines is 1. The van der Waals surface area contributed by atoms with Crippen LogP contribution in [0.15, 0.2) is 83.9 Å². The molecule has 33 heavy (non-hydrogen) atoms. The fraction of sp³-hybridized carbons (Fsp3) is 0.192. The second-order valence-electron chi connectivity index (χ2n) is 8.47. The summed E-state index contributed by atoms with van der Waals surface area (Å²) in [6, 6.07) is 20.5. The van der Waals surface area contributed by atoms with Crippen molar-refractivity contribution in [1.29, 1.82) is 0 Å². The Bertz CT molecular complexity index is 1460. The molecule has 2 heterocycles. The highest BCUT2D eigenvalue weighted by molar-refractivity contribution is 7.90. The minimum atomic E-state index is -3.71. The van der Waals surface area contributed by atoms with Crippen molar-refractivity contribution in [2.75, 3.05) is 4.90 Å². The van der Waals surface area contributed by atoms with E-state index >= 15 is 0 Å². The standard InChI is InChI=1S/C26H23FN2O3S/c1-18-14-20-6-2-4-8-23(20)29(18)26(30)16-28-15-25(22-7-3-5-9-24(22)28)33(31,32)17-19-10-12-21(27)13-11-19/h2-13,15,18H,14,16-17H2,1H3. The molecule has 0 saturated carbocycles. The predicted molar refractivity (Wildman–Crippen MR) is 126 cm³/mol. The quantitative estimate of drug-likeness (QED) is 0.431. The van der Waals surface area contributed by atoms with Crippen molar-refractivity contribution in [3.63, 3.8) is 0 Å². The summed E-state index contributed by atoms with van der Waals surface area (Å²) < 4.78 is 41.5. The molecule has 1 amide bonds. The minimum absolute atomic E-state index is 0.0330. The molecule has 0 spiro atoms. The number of amides is 1. The molecular weight excluding hydrogens is 439 g/mol. The number of nitrogens with zero attached hydrogens (tertiary/aromatic N) is 2. The van der Waals surface area contributed by atoms with Crippen LogP contribution in [-0.4, -0.2) is 24.9 Å². The fourth-order valence-electron chi connectivity index (χ4n) is 4.64. The third kappa shape index (κ3) is 3.93. The Morgan fingerprint density at radius 3 is 2.48 bits per heavy atom. The van der Waals surface area contributed by atoms with Gasteiger partial charge in [-0.2, -0.15) is 0 Å². The molecule has 0 radical (unpaired) electrons. The van der Waals surface area contributed by atoms with Crippen molar-refractivity contribution >= 4 is 32.3 Å². The molecule has 3 aromatic carbocycles. The van der Waals surface area contributed by atoms with E-state index in [1.807, 2.05) is 43.3 Å². The van der Waals surface area contributed by atoms with E-state index in [4.69, 9.17) is 0 Å². The number of hydrogen-bond acceptors (Lipinski definition) is 3. The Labute approximate surface area is 192 Å². The zero-order valence-corrected chi connectivity index (χ0v) is 18.9. The van der Waals surface area contributed by atoms with Gasteiger partial charge in [-0.1, -0.05) is 48.5 Å². The van der Waals surface area contributed by atoms with Crippen LogP contribution in [0, 0.1) is 5.82 Å². The number of fused-ring (bicyclic) bond motifs is 2. The van der Waals surface area contributed by atoms with Gasteiger partial charge in [-0.15, -0.1) is 0 Å². The molecule has 4 aromatic rings. The summed E-state index contributed by atoms with van der Waals surface area (Å²) >= 11 is 0. The number of benzene rings is 3. The minimum Gasteiger partial charge on any atom is -0.337 e. The lowest BCUT2D eigenvalue weighted by molar-refractivity contribution is -0.119. The van der Waals surface area contributed by atoms with Gasteiger partial charge in [0.25, 0.3) is 0 Å². The summed E-state index contributed by atoms with van der Waals surface area (Å²) in [6.45, 7) is 2.05. The van der Waals surface area contributed by atoms with E-state index in [-0.39, 0.29) is 29.1 Å². The third-order valence-electron chi connectivity index (χ3n) is 6.14. The lowest BCUT2D eigenvalue weighted by atomic mass is 10.1. The second kappa shape index (κ2) is 8.15. The van der Waals surface area contributed by atoms with Gasteiger partial charge in [0.1, 0.15) is 12.4 Å². The topological polar surface area (TPSA) is 59.4 Å². The molecular formula is C26H23FN2O3S. The maximum atomic E-state index is 13.3. The molecule has 1 aromatic heterocycles. The van der Waals surface area contributed by atoms with Crippen LogP contribution in [0.2, 0.25) is 0 Å². The number of carbonyl (C=O) groups excluding carboxylic acids is 1. The zero-order chi connectivity index (χ0) is 23.2. The Hall–Kier alpha value is -3.45. The van der Waals surface area contributed by atoms with Gasteiger partial charge in [-0.25, -0.2) is 12.8 Å². The first-order valence-corrected chi connectivity index (χ1v) is 12.4. The van der Waals surface area contributed by atoms with Gasteiger partial charge >= 0.3 is 0 Å². The Morgan fingerprint density at radius 1 is 1.00 bits per heavy atom. The maximum Gasteiger partial charge on any atom is 0.247 e. The van der Waals surface area contributed by atoms with Gasteiger partial charge in [-0.3, -0.25) is 4.79 Å². The molecule has 1 atom stereocenters. The average Bonchev–Trinajstić information content (AvgIpc) is 3.33. The second-order valence-corrected chi connectivity index (χ2v) is 10.4. The third-order valence-corrected chi connectivity index (χ3v) is 7.85. The van der Waals surface area contributed by atoms with Crippen molar-refractivity contribution in [2.45, 2.75) is 36.6 Å². The maximum absolute atomic E-state index is 13.3. The van der Waals surface area contributed by atoms with Crippen LogP contribution in [-0.2, 0) is 33.4 Å². The number of carbonyl (C=O) groups is 1. The van der Waals surface area contributed by atoms with Crippen LogP contribution in [0.1, 0.15) is 18.1 Å². The number of para-hydroxylation sites is 2. The van der Waals surface area contributed by atoms with E-state index < -0.39 is 15.7 Å². The molecule has 0 saturated heterocycles. The normalized spacial score (nSPS) is 15.7. The number of aromatic nitrogens is 1. The van der Waals surface area contributed by atoms with Crippen LogP contribution in [0.25, 0.3) is 10.9 Å². The number of rotatable bonds is 5. The highest BCUT2D eigenvalue weighted by Crippen LogP contribution is 2.33. The Kier molecular flexibility index (Phi) is 5.29. The number of sulfone groups is 1. The van der Waals surface area contributed by atoms with Crippen LogP contribution in [0.4, 0.5) is 10.1 Å². The molecule has 1 aliphatic rings. The summed E-state index contributed by atoms with van der Waals surface area (Å²) in [5, 5.41) is 0.572. The molecule has 5 rings (SSSR count).